The number of amides is 1. The summed E-state index contributed by atoms with van der Waals surface area (Å²) in [5, 5.41) is 16.2. The van der Waals surface area contributed by atoms with Crippen molar-refractivity contribution < 1.29 is 9.90 Å². The van der Waals surface area contributed by atoms with E-state index in [9.17, 15) is 9.59 Å². The molecule has 0 aliphatic carbocycles. The summed E-state index contributed by atoms with van der Waals surface area (Å²) in [6, 6.07) is 5.79. The summed E-state index contributed by atoms with van der Waals surface area (Å²) in [7, 11) is 0. The van der Waals surface area contributed by atoms with Crippen LogP contribution >= 0.6 is 0 Å². The van der Waals surface area contributed by atoms with Gasteiger partial charge in [0.25, 0.3) is 5.56 Å². The van der Waals surface area contributed by atoms with E-state index in [0.717, 1.165) is 16.8 Å². The topological polar surface area (TPSA) is 102 Å². The molecule has 25 heavy (non-hydrogen) atoms. The van der Waals surface area contributed by atoms with E-state index in [-0.39, 0.29) is 31.2 Å². The van der Waals surface area contributed by atoms with E-state index < -0.39 is 0 Å². The number of hydrogen-bond donors (Lipinski definition) is 2. The number of hydrogen-bond acceptors (Lipinski definition) is 5. The number of aliphatic hydroxyl groups is 1. The lowest BCUT2D eigenvalue weighted by molar-refractivity contribution is -0.116. The summed E-state index contributed by atoms with van der Waals surface area (Å²) < 4.78 is 2.70. The molecule has 130 valence electrons. The zero-order chi connectivity index (χ0) is 18.0. The normalized spacial score (nSPS) is 11.0. The fraction of sp³-hybridized carbons (Fsp3) is 0.294. The molecule has 8 nitrogen and oxygen atoms in total. The molecule has 0 unspecified atom stereocenters. The zero-order valence-corrected chi connectivity index (χ0v) is 14.1. The van der Waals surface area contributed by atoms with Crippen LogP contribution in [0.2, 0.25) is 0 Å². The molecule has 0 saturated heterocycles. The summed E-state index contributed by atoms with van der Waals surface area (Å²) in [5.41, 5.74) is 2.76. The predicted octanol–water partition coefficient (Wildman–Crippen LogP) is 0.841. The third-order valence-corrected chi connectivity index (χ3v) is 3.92. The van der Waals surface area contributed by atoms with Gasteiger partial charge in [-0.2, -0.15) is 5.10 Å². The number of nitrogens with zero attached hydrogens (tertiary/aromatic N) is 4. The van der Waals surface area contributed by atoms with E-state index >= 15 is 0 Å². The Bertz CT molecular complexity index is 990. The quantitative estimate of drug-likeness (QED) is 0.716. The highest BCUT2D eigenvalue weighted by Crippen LogP contribution is 2.16. The maximum absolute atomic E-state index is 12.5. The predicted molar refractivity (Wildman–Crippen MR) is 93.4 cm³/mol. The maximum Gasteiger partial charge on any atom is 0.264 e. The number of carbonyl (C=O) groups excluding carboxylic acids is 1. The second-order valence-electron chi connectivity index (χ2n) is 5.87. The van der Waals surface area contributed by atoms with Gasteiger partial charge in [0, 0.05) is 5.69 Å². The van der Waals surface area contributed by atoms with E-state index in [1.54, 1.807) is 0 Å². The number of nitrogens with one attached hydrogen (secondary N) is 1. The Morgan fingerprint density at radius 3 is 2.88 bits per heavy atom. The van der Waals surface area contributed by atoms with Crippen LogP contribution in [0, 0.1) is 13.8 Å². The molecule has 0 saturated carbocycles. The van der Waals surface area contributed by atoms with Gasteiger partial charge < -0.3 is 10.4 Å². The lowest BCUT2D eigenvalue weighted by Crippen LogP contribution is -2.28. The number of aliphatic hydroxyl groups excluding tert-OH is 1. The highest BCUT2D eigenvalue weighted by molar-refractivity contribution is 5.91. The molecule has 0 radical (unpaired) electrons. The first-order valence-electron chi connectivity index (χ1n) is 7.88. The number of fused-ring (bicyclic) bond motifs is 1. The van der Waals surface area contributed by atoms with E-state index in [4.69, 9.17) is 5.11 Å². The molecule has 0 aliphatic rings. The summed E-state index contributed by atoms with van der Waals surface area (Å²) in [6.07, 6.45) is 2.72. The first-order chi connectivity index (χ1) is 12.0. The van der Waals surface area contributed by atoms with E-state index in [2.05, 4.69) is 15.4 Å². The lowest BCUT2D eigenvalue weighted by Gasteiger charge is -2.10. The van der Waals surface area contributed by atoms with Crippen molar-refractivity contribution in [1.29, 1.82) is 0 Å². The molecular weight excluding hydrogens is 322 g/mol. The van der Waals surface area contributed by atoms with Gasteiger partial charge in [0.2, 0.25) is 5.91 Å². The third kappa shape index (κ3) is 3.43. The van der Waals surface area contributed by atoms with Crippen molar-refractivity contribution in [3.8, 4) is 0 Å². The van der Waals surface area contributed by atoms with Crippen molar-refractivity contribution >= 4 is 22.6 Å². The van der Waals surface area contributed by atoms with Crippen molar-refractivity contribution in [3.63, 3.8) is 0 Å². The second-order valence-corrected chi connectivity index (χ2v) is 5.87. The molecule has 2 N–H and O–H groups in total. The van der Waals surface area contributed by atoms with Crippen LogP contribution in [0.25, 0.3) is 11.0 Å². The van der Waals surface area contributed by atoms with Gasteiger partial charge in [0.1, 0.15) is 18.3 Å². The summed E-state index contributed by atoms with van der Waals surface area (Å²) in [6.45, 7) is 3.87. The van der Waals surface area contributed by atoms with Gasteiger partial charge in [-0.3, -0.25) is 14.2 Å². The molecule has 1 aromatic carbocycles. The summed E-state index contributed by atoms with van der Waals surface area (Å²) in [5.74, 6) is -0.306. The molecule has 0 fully saturated rings. The number of aryl methyl sites for hydroxylation is 2. The minimum atomic E-state index is -0.342. The van der Waals surface area contributed by atoms with Gasteiger partial charge in [0.15, 0.2) is 5.65 Å². The SMILES string of the molecule is Cc1ccc(C)c(NC(=O)Cn2cnc3c(cnn3CCO)c2=O)c1. The van der Waals surface area contributed by atoms with Crippen molar-refractivity contribution in [2.75, 3.05) is 11.9 Å². The monoisotopic (exact) mass is 341 g/mol. The average molecular weight is 341 g/mol. The van der Waals surface area contributed by atoms with Crippen LogP contribution in [-0.2, 0) is 17.9 Å². The number of aromatic nitrogens is 4. The highest BCUT2D eigenvalue weighted by atomic mass is 16.3. The summed E-state index contributed by atoms with van der Waals surface area (Å²) >= 11 is 0. The van der Waals surface area contributed by atoms with Crippen LogP contribution in [0.15, 0.2) is 35.5 Å². The standard InChI is InChI=1S/C17H19N5O3/c1-11-3-4-12(2)14(7-11)20-15(24)9-21-10-18-16-13(17(21)25)8-19-22(16)5-6-23/h3-4,7-8,10,23H,5-6,9H2,1-2H3,(H,20,24). The number of rotatable bonds is 5. The molecule has 0 bridgehead atoms. The molecule has 2 heterocycles. The molecule has 0 spiro atoms. The third-order valence-electron chi connectivity index (χ3n) is 3.92. The van der Waals surface area contributed by atoms with E-state index in [1.165, 1.54) is 21.8 Å². The van der Waals surface area contributed by atoms with Crippen molar-refractivity contribution in [1.82, 2.24) is 19.3 Å². The Kier molecular flexibility index (Phi) is 4.62. The average Bonchev–Trinajstić information content (AvgIpc) is 2.98. The Labute approximate surface area is 143 Å². The zero-order valence-electron chi connectivity index (χ0n) is 14.1. The molecule has 2 aromatic heterocycles. The van der Waals surface area contributed by atoms with Gasteiger partial charge in [-0.15, -0.1) is 0 Å². The number of benzene rings is 1. The van der Waals surface area contributed by atoms with E-state index in [1.807, 2.05) is 32.0 Å². The Balaban J connectivity index is 1.83. The number of carbonyl (C=O) groups is 1. The fourth-order valence-corrected chi connectivity index (χ4v) is 2.58. The van der Waals surface area contributed by atoms with Gasteiger partial charge >= 0.3 is 0 Å². The van der Waals surface area contributed by atoms with Crippen LogP contribution in [0.1, 0.15) is 11.1 Å². The minimum Gasteiger partial charge on any atom is -0.394 e. The molecular formula is C17H19N5O3. The first-order valence-corrected chi connectivity index (χ1v) is 7.88. The Hall–Kier alpha value is -3.00. The smallest absolute Gasteiger partial charge is 0.264 e. The van der Waals surface area contributed by atoms with Crippen molar-refractivity contribution in [2.24, 2.45) is 0 Å². The van der Waals surface area contributed by atoms with Gasteiger partial charge in [-0.05, 0) is 31.0 Å². The van der Waals surface area contributed by atoms with Gasteiger partial charge in [0.05, 0.1) is 19.3 Å². The highest BCUT2D eigenvalue weighted by Gasteiger charge is 2.12. The summed E-state index contributed by atoms with van der Waals surface area (Å²) in [4.78, 5) is 29.0. The van der Waals surface area contributed by atoms with Crippen LogP contribution in [0.3, 0.4) is 0 Å². The molecule has 8 heteroatoms. The van der Waals surface area contributed by atoms with Gasteiger partial charge in [-0.1, -0.05) is 12.1 Å². The van der Waals surface area contributed by atoms with Gasteiger partial charge in [-0.25, -0.2) is 9.67 Å². The molecule has 1 amide bonds. The first kappa shape index (κ1) is 16.8. The van der Waals surface area contributed by atoms with Crippen LogP contribution < -0.4 is 10.9 Å². The van der Waals surface area contributed by atoms with Crippen molar-refractivity contribution in [2.45, 2.75) is 26.9 Å². The largest absolute Gasteiger partial charge is 0.394 e. The van der Waals surface area contributed by atoms with Crippen LogP contribution in [0.5, 0.6) is 0 Å². The minimum absolute atomic E-state index is 0.0974. The molecule has 3 aromatic rings. The van der Waals surface area contributed by atoms with Crippen molar-refractivity contribution in [3.05, 3.63) is 52.2 Å². The molecule has 0 aliphatic heterocycles. The maximum atomic E-state index is 12.5. The lowest BCUT2D eigenvalue weighted by atomic mass is 10.1. The van der Waals surface area contributed by atoms with Crippen LogP contribution in [-0.4, -0.2) is 37.0 Å². The van der Waals surface area contributed by atoms with Crippen LogP contribution in [0.4, 0.5) is 5.69 Å². The molecule has 3 rings (SSSR count). The fourth-order valence-electron chi connectivity index (χ4n) is 2.58. The Morgan fingerprint density at radius 1 is 1.32 bits per heavy atom. The second kappa shape index (κ2) is 6.86. The van der Waals surface area contributed by atoms with E-state index in [0.29, 0.717) is 11.0 Å². The Morgan fingerprint density at radius 2 is 2.12 bits per heavy atom. The number of anilines is 1. The molecule has 0 atom stereocenters.